The molecule has 1 saturated carbocycles. The lowest BCUT2D eigenvalue weighted by atomic mass is 9.96. The smallest absolute Gasteiger partial charge is 0.165 e. The maximum Gasteiger partial charge on any atom is 0.165 e. The molecule has 0 saturated heterocycles. The van der Waals surface area contributed by atoms with E-state index < -0.39 is 0 Å². The first kappa shape index (κ1) is 16.0. The predicted molar refractivity (Wildman–Crippen MR) is 96.8 cm³/mol. The highest BCUT2D eigenvalue weighted by Crippen LogP contribution is 2.41. The van der Waals surface area contributed by atoms with E-state index in [2.05, 4.69) is 38.6 Å². The van der Waals surface area contributed by atoms with Crippen molar-refractivity contribution in [3.8, 4) is 0 Å². The van der Waals surface area contributed by atoms with Gasteiger partial charge in [-0.15, -0.1) is 0 Å². The van der Waals surface area contributed by atoms with Gasteiger partial charge in [0.05, 0.1) is 19.5 Å². The molecule has 0 radical (unpaired) electrons. The largest absolute Gasteiger partial charge is 0.382 e. The minimum atomic E-state index is 0.379. The molecule has 3 atom stereocenters. The zero-order chi connectivity index (χ0) is 17.2. The predicted octanol–water partition coefficient (Wildman–Crippen LogP) is 3.21. The van der Waals surface area contributed by atoms with Gasteiger partial charge in [0.2, 0.25) is 0 Å². The van der Waals surface area contributed by atoms with Crippen molar-refractivity contribution < 1.29 is 4.74 Å². The Kier molecular flexibility index (Phi) is 4.36. The van der Waals surface area contributed by atoms with E-state index in [1.54, 1.807) is 0 Å². The highest BCUT2D eigenvalue weighted by Gasteiger charge is 2.35. The van der Waals surface area contributed by atoms with E-state index in [9.17, 15) is 0 Å². The summed E-state index contributed by atoms with van der Waals surface area (Å²) >= 11 is 0. The van der Waals surface area contributed by atoms with Gasteiger partial charge in [0.25, 0.3) is 0 Å². The van der Waals surface area contributed by atoms with Gasteiger partial charge in [-0.1, -0.05) is 37.3 Å². The summed E-state index contributed by atoms with van der Waals surface area (Å²) in [5.74, 6) is 1.49. The average Bonchev–Trinajstić information content (AvgIpc) is 3.21. The molecule has 2 N–H and O–H groups in total. The van der Waals surface area contributed by atoms with E-state index >= 15 is 0 Å². The van der Waals surface area contributed by atoms with Crippen LogP contribution in [-0.2, 0) is 11.3 Å². The number of nitrogens with two attached hydrogens (primary N) is 1. The number of imidazole rings is 1. The van der Waals surface area contributed by atoms with Crippen LogP contribution in [0.15, 0.2) is 43.0 Å². The van der Waals surface area contributed by atoms with Crippen molar-refractivity contribution in [2.75, 3.05) is 12.3 Å². The number of hydrogen-bond acceptors (Lipinski definition) is 5. The summed E-state index contributed by atoms with van der Waals surface area (Å²) in [5.41, 5.74) is 8.65. The standard InChI is InChI=1S/C19H23N5O/c1-13-15(10-25-9-14-5-3-2-4-6-14)7-8-16(13)24-12-23-17-18(20)21-11-22-19(17)24/h2-6,11-13,15-16H,7-10H2,1H3,(H2,20,21,22)/t13-,15-,16-/m0/s1. The number of anilines is 1. The van der Waals surface area contributed by atoms with Gasteiger partial charge in [-0.05, 0) is 30.2 Å². The summed E-state index contributed by atoms with van der Waals surface area (Å²) in [5, 5.41) is 0. The third-order valence-electron chi connectivity index (χ3n) is 5.37. The summed E-state index contributed by atoms with van der Waals surface area (Å²) in [6.45, 7) is 3.76. The normalized spacial score (nSPS) is 23.3. The lowest BCUT2D eigenvalue weighted by molar-refractivity contribution is 0.0733. The average molecular weight is 337 g/mol. The fourth-order valence-corrected chi connectivity index (χ4v) is 3.87. The van der Waals surface area contributed by atoms with Crippen LogP contribution in [0.25, 0.3) is 11.2 Å². The van der Waals surface area contributed by atoms with Crippen LogP contribution in [0, 0.1) is 11.8 Å². The second-order valence-electron chi connectivity index (χ2n) is 6.85. The van der Waals surface area contributed by atoms with Crippen molar-refractivity contribution in [3.63, 3.8) is 0 Å². The summed E-state index contributed by atoms with van der Waals surface area (Å²) in [6.07, 6.45) is 5.62. The molecule has 1 aliphatic rings. The highest BCUT2D eigenvalue weighted by molar-refractivity contribution is 5.81. The maximum absolute atomic E-state index is 5.98. The van der Waals surface area contributed by atoms with E-state index in [4.69, 9.17) is 10.5 Å². The SMILES string of the molecule is C[C@H]1[C@H](COCc2ccccc2)CC[C@@H]1n1cnc2c(N)ncnc21. The maximum atomic E-state index is 5.98. The Bertz CT molecular complexity index is 847. The number of ether oxygens (including phenoxy) is 1. The van der Waals surface area contributed by atoms with E-state index in [1.165, 1.54) is 11.9 Å². The first-order valence-electron chi connectivity index (χ1n) is 8.78. The van der Waals surface area contributed by atoms with Gasteiger partial charge in [0.15, 0.2) is 11.5 Å². The van der Waals surface area contributed by atoms with Crippen molar-refractivity contribution in [2.24, 2.45) is 11.8 Å². The third-order valence-corrected chi connectivity index (χ3v) is 5.37. The number of rotatable bonds is 5. The monoisotopic (exact) mass is 337 g/mol. The molecule has 0 amide bonds. The number of fused-ring (bicyclic) bond motifs is 1. The Balaban J connectivity index is 1.42. The first-order chi connectivity index (χ1) is 12.2. The molecule has 3 aromatic rings. The summed E-state index contributed by atoms with van der Waals surface area (Å²) in [4.78, 5) is 12.8. The molecular formula is C19H23N5O. The van der Waals surface area contributed by atoms with Gasteiger partial charge in [-0.3, -0.25) is 0 Å². The number of nitrogens with zero attached hydrogens (tertiary/aromatic N) is 4. The van der Waals surface area contributed by atoms with Crippen molar-refractivity contribution in [2.45, 2.75) is 32.4 Å². The Morgan fingerprint density at radius 1 is 1.16 bits per heavy atom. The van der Waals surface area contributed by atoms with Crippen LogP contribution in [-0.4, -0.2) is 26.1 Å². The van der Waals surface area contributed by atoms with E-state index in [1.807, 2.05) is 24.5 Å². The van der Waals surface area contributed by atoms with Crippen molar-refractivity contribution >= 4 is 17.0 Å². The molecule has 0 unspecified atom stereocenters. The van der Waals surface area contributed by atoms with Crippen molar-refractivity contribution in [1.82, 2.24) is 19.5 Å². The second-order valence-corrected chi connectivity index (χ2v) is 6.85. The molecule has 2 heterocycles. The molecule has 0 bridgehead atoms. The number of nitrogen functional groups attached to an aromatic ring is 1. The summed E-state index contributed by atoms with van der Waals surface area (Å²) in [7, 11) is 0. The molecule has 1 aromatic carbocycles. The molecule has 2 aromatic heterocycles. The minimum Gasteiger partial charge on any atom is -0.382 e. The van der Waals surface area contributed by atoms with Gasteiger partial charge in [0, 0.05) is 6.04 Å². The molecule has 25 heavy (non-hydrogen) atoms. The molecule has 1 aliphatic carbocycles. The molecule has 0 spiro atoms. The summed E-state index contributed by atoms with van der Waals surface area (Å²) < 4.78 is 8.14. The van der Waals surface area contributed by atoms with Gasteiger partial charge < -0.3 is 15.0 Å². The Labute approximate surface area is 147 Å². The van der Waals surface area contributed by atoms with Crippen LogP contribution in [0.1, 0.15) is 31.4 Å². The molecule has 130 valence electrons. The lowest BCUT2D eigenvalue weighted by Crippen LogP contribution is -2.19. The van der Waals surface area contributed by atoms with Crippen LogP contribution in [0.4, 0.5) is 5.82 Å². The second kappa shape index (κ2) is 6.80. The molecular weight excluding hydrogens is 314 g/mol. The third kappa shape index (κ3) is 3.09. The minimum absolute atomic E-state index is 0.379. The molecule has 6 nitrogen and oxygen atoms in total. The van der Waals surface area contributed by atoms with E-state index in [0.29, 0.717) is 35.8 Å². The van der Waals surface area contributed by atoms with Crippen molar-refractivity contribution in [3.05, 3.63) is 48.5 Å². The fraction of sp³-hybridized carbons (Fsp3) is 0.421. The summed E-state index contributed by atoms with van der Waals surface area (Å²) in [6, 6.07) is 10.7. The Hall–Kier alpha value is -2.47. The number of benzene rings is 1. The van der Waals surface area contributed by atoms with E-state index in [-0.39, 0.29) is 0 Å². The van der Waals surface area contributed by atoms with Crippen LogP contribution < -0.4 is 5.73 Å². The zero-order valence-electron chi connectivity index (χ0n) is 14.4. The van der Waals surface area contributed by atoms with Gasteiger partial charge in [0.1, 0.15) is 11.8 Å². The van der Waals surface area contributed by atoms with Crippen LogP contribution in [0.3, 0.4) is 0 Å². The first-order valence-corrected chi connectivity index (χ1v) is 8.78. The van der Waals surface area contributed by atoms with Gasteiger partial charge >= 0.3 is 0 Å². The van der Waals surface area contributed by atoms with E-state index in [0.717, 1.165) is 25.1 Å². The van der Waals surface area contributed by atoms with Crippen LogP contribution >= 0.6 is 0 Å². The highest BCUT2D eigenvalue weighted by atomic mass is 16.5. The fourth-order valence-electron chi connectivity index (χ4n) is 3.87. The quantitative estimate of drug-likeness (QED) is 0.773. The van der Waals surface area contributed by atoms with Crippen LogP contribution in [0.2, 0.25) is 0 Å². The number of aromatic nitrogens is 4. The van der Waals surface area contributed by atoms with Crippen molar-refractivity contribution in [1.29, 1.82) is 0 Å². The Morgan fingerprint density at radius 2 is 2.00 bits per heavy atom. The lowest BCUT2D eigenvalue weighted by Gasteiger charge is -2.22. The molecule has 6 heteroatoms. The molecule has 4 rings (SSSR count). The zero-order valence-corrected chi connectivity index (χ0v) is 14.4. The van der Waals surface area contributed by atoms with Crippen LogP contribution in [0.5, 0.6) is 0 Å². The van der Waals surface area contributed by atoms with Gasteiger partial charge in [-0.2, -0.15) is 0 Å². The Morgan fingerprint density at radius 3 is 2.84 bits per heavy atom. The molecule has 0 aliphatic heterocycles. The number of hydrogen-bond donors (Lipinski definition) is 1. The van der Waals surface area contributed by atoms with Gasteiger partial charge in [-0.25, -0.2) is 15.0 Å². The topological polar surface area (TPSA) is 78.9 Å². The molecule has 1 fully saturated rings.